The molecule has 1 aliphatic rings. The van der Waals surface area contributed by atoms with Crippen LogP contribution in [0, 0.1) is 5.92 Å². The van der Waals surface area contributed by atoms with Gasteiger partial charge in [-0.25, -0.2) is 9.78 Å². The van der Waals surface area contributed by atoms with E-state index < -0.39 is 5.97 Å². The van der Waals surface area contributed by atoms with Crippen molar-refractivity contribution in [1.82, 2.24) is 4.98 Å². The predicted molar refractivity (Wildman–Crippen MR) is 75.8 cm³/mol. The summed E-state index contributed by atoms with van der Waals surface area (Å²) in [4.78, 5) is 18.0. The van der Waals surface area contributed by atoms with Crippen molar-refractivity contribution in [2.45, 2.75) is 39.5 Å². The molecule has 104 valence electrons. The molecule has 4 heteroatoms. The minimum Gasteiger partial charge on any atom is -0.478 e. The van der Waals surface area contributed by atoms with Crippen LogP contribution in [0.1, 0.15) is 49.2 Å². The highest BCUT2D eigenvalue weighted by Gasteiger charge is 2.23. The molecule has 0 bridgehead atoms. The maximum absolute atomic E-state index is 11.2. The zero-order valence-electron chi connectivity index (χ0n) is 11.7. The highest BCUT2D eigenvalue weighted by molar-refractivity contribution is 5.88. The zero-order valence-corrected chi connectivity index (χ0v) is 11.7. The zero-order chi connectivity index (χ0) is 13.8. The van der Waals surface area contributed by atoms with Gasteiger partial charge in [-0.1, -0.05) is 26.7 Å². The van der Waals surface area contributed by atoms with Crippen molar-refractivity contribution in [3.63, 3.8) is 0 Å². The summed E-state index contributed by atoms with van der Waals surface area (Å²) in [5, 5.41) is 9.20. The number of aromatic carboxylic acids is 1. The van der Waals surface area contributed by atoms with Crippen LogP contribution in [0.25, 0.3) is 0 Å². The molecule has 0 amide bonds. The summed E-state index contributed by atoms with van der Waals surface area (Å²) < 4.78 is 0. The molecular weight excluding hydrogens is 240 g/mol. The molecule has 2 heterocycles. The summed E-state index contributed by atoms with van der Waals surface area (Å²) in [6, 6.07) is 3.41. The van der Waals surface area contributed by atoms with E-state index in [9.17, 15) is 9.90 Å². The third-order valence-corrected chi connectivity index (χ3v) is 3.81. The van der Waals surface area contributed by atoms with Crippen LogP contribution >= 0.6 is 0 Å². The Kier molecular flexibility index (Phi) is 4.40. The summed E-state index contributed by atoms with van der Waals surface area (Å²) in [6.45, 7) is 6.27. The number of aryl methyl sites for hydroxylation is 1. The molecule has 0 aliphatic carbocycles. The summed E-state index contributed by atoms with van der Waals surface area (Å²) in [5.41, 5.74) is 1.24. The topological polar surface area (TPSA) is 53.4 Å². The Labute approximate surface area is 114 Å². The lowest BCUT2D eigenvalue weighted by Gasteiger charge is -2.18. The van der Waals surface area contributed by atoms with Crippen molar-refractivity contribution in [2.24, 2.45) is 5.92 Å². The van der Waals surface area contributed by atoms with Crippen molar-refractivity contribution in [3.8, 4) is 0 Å². The molecule has 2 rings (SSSR count). The number of aromatic nitrogens is 1. The van der Waals surface area contributed by atoms with Crippen LogP contribution in [0.4, 0.5) is 5.82 Å². The van der Waals surface area contributed by atoms with Gasteiger partial charge in [0.2, 0.25) is 0 Å². The average molecular weight is 262 g/mol. The van der Waals surface area contributed by atoms with Gasteiger partial charge in [-0.15, -0.1) is 0 Å². The Morgan fingerprint density at radius 1 is 1.47 bits per heavy atom. The van der Waals surface area contributed by atoms with E-state index in [1.54, 1.807) is 12.1 Å². The monoisotopic (exact) mass is 262 g/mol. The van der Waals surface area contributed by atoms with Crippen molar-refractivity contribution >= 4 is 11.8 Å². The van der Waals surface area contributed by atoms with Gasteiger partial charge < -0.3 is 10.0 Å². The van der Waals surface area contributed by atoms with Gasteiger partial charge in [0, 0.05) is 18.8 Å². The number of nitrogens with zero attached hydrogens (tertiary/aromatic N) is 2. The van der Waals surface area contributed by atoms with Gasteiger partial charge in [-0.05, 0) is 30.9 Å². The fourth-order valence-corrected chi connectivity index (χ4v) is 2.62. The minimum absolute atomic E-state index is 0.355. The third-order valence-electron chi connectivity index (χ3n) is 3.81. The van der Waals surface area contributed by atoms with Crippen LogP contribution in [-0.4, -0.2) is 29.1 Å². The Morgan fingerprint density at radius 2 is 2.26 bits per heavy atom. The molecule has 1 N–H and O–H groups in total. The molecule has 0 saturated carbocycles. The van der Waals surface area contributed by atoms with E-state index in [0.717, 1.165) is 37.4 Å². The number of carbonyl (C=O) groups is 1. The molecule has 1 saturated heterocycles. The second-order valence-electron chi connectivity index (χ2n) is 5.27. The summed E-state index contributed by atoms with van der Waals surface area (Å²) in [6.07, 6.45) is 4.17. The smallest absolute Gasteiger partial charge is 0.335 e. The fourth-order valence-electron chi connectivity index (χ4n) is 2.62. The minimum atomic E-state index is -0.868. The molecular formula is C15H22N2O2. The number of hydrogen-bond acceptors (Lipinski definition) is 3. The number of hydrogen-bond donors (Lipinski definition) is 1. The molecule has 1 unspecified atom stereocenters. The standard InChI is InChI=1S/C15H22N2O2/c1-3-5-13-8-12(15(18)19)9-14(16-13)17-7-6-11(4-2)10-17/h8-9,11H,3-7,10H2,1-2H3,(H,18,19). The van der Waals surface area contributed by atoms with Gasteiger partial charge >= 0.3 is 5.97 Å². The number of rotatable bonds is 5. The van der Waals surface area contributed by atoms with Crippen LogP contribution in [-0.2, 0) is 6.42 Å². The first kappa shape index (κ1) is 13.8. The highest BCUT2D eigenvalue weighted by atomic mass is 16.4. The van der Waals surface area contributed by atoms with Gasteiger partial charge in [0.15, 0.2) is 0 Å². The fraction of sp³-hybridized carbons (Fsp3) is 0.600. The van der Waals surface area contributed by atoms with E-state index in [-0.39, 0.29) is 0 Å². The van der Waals surface area contributed by atoms with Crippen molar-refractivity contribution < 1.29 is 9.90 Å². The molecule has 19 heavy (non-hydrogen) atoms. The van der Waals surface area contributed by atoms with Gasteiger partial charge in [0.1, 0.15) is 5.82 Å². The second-order valence-corrected chi connectivity index (χ2v) is 5.27. The third kappa shape index (κ3) is 3.25. The van der Waals surface area contributed by atoms with E-state index in [1.807, 2.05) is 0 Å². The lowest BCUT2D eigenvalue weighted by atomic mass is 10.1. The average Bonchev–Trinajstić information content (AvgIpc) is 2.87. The van der Waals surface area contributed by atoms with Crippen LogP contribution in [0.2, 0.25) is 0 Å². The Bertz CT molecular complexity index is 459. The first-order valence-corrected chi connectivity index (χ1v) is 7.13. The maximum Gasteiger partial charge on any atom is 0.335 e. The molecule has 4 nitrogen and oxygen atoms in total. The molecule has 1 atom stereocenters. The highest BCUT2D eigenvalue weighted by Crippen LogP contribution is 2.25. The molecule has 0 radical (unpaired) electrons. The van der Waals surface area contributed by atoms with E-state index >= 15 is 0 Å². The molecule has 1 aromatic rings. The van der Waals surface area contributed by atoms with Gasteiger partial charge in [0.25, 0.3) is 0 Å². The molecule has 1 aromatic heterocycles. The van der Waals surface area contributed by atoms with Crippen LogP contribution in [0.3, 0.4) is 0 Å². The van der Waals surface area contributed by atoms with Gasteiger partial charge in [-0.2, -0.15) is 0 Å². The lowest BCUT2D eigenvalue weighted by Crippen LogP contribution is -2.21. The maximum atomic E-state index is 11.2. The van der Waals surface area contributed by atoms with E-state index in [4.69, 9.17) is 0 Å². The van der Waals surface area contributed by atoms with E-state index in [1.165, 1.54) is 12.8 Å². The molecule has 1 fully saturated rings. The summed E-state index contributed by atoms with van der Waals surface area (Å²) >= 11 is 0. The first-order chi connectivity index (χ1) is 9.13. The van der Waals surface area contributed by atoms with Crippen LogP contribution in [0.5, 0.6) is 0 Å². The predicted octanol–water partition coefficient (Wildman–Crippen LogP) is 2.97. The Morgan fingerprint density at radius 3 is 2.84 bits per heavy atom. The van der Waals surface area contributed by atoms with Crippen LogP contribution < -0.4 is 4.90 Å². The van der Waals surface area contributed by atoms with Crippen LogP contribution in [0.15, 0.2) is 12.1 Å². The van der Waals surface area contributed by atoms with Gasteiger partial charge in [-0.3, -0.25) is 0 Å². The van der Waals surface area contributed by atoms with Crippen molar-refractivity contribution in [3.05, 3.63) is 23.4 Å². The quantitative estimate of drug-likeness (QED) is 0.886. The number of pyridine rings is 1. The van der Waals surface area contributed by atoms with Gasteiger partial charge in [0.05, 0.1) is 5.56 Å². The summed E-state index contributed by atoms with van der Waals surface area (Å²) in [7, 11) is 0. The summed E-state index contributed by atoms with van der Waals surface area (Å²) in [5.74, 6) is 0.677. The number of carboxylic acid groups (broad SMARTS) is 1. The van der Waals surface area contributed by atoms with Crippen molar-refractivity contribution in [2.75, 3.05) is 18.0 Å². The van der Waals surface area contributed by atoms with Crippen molar-refractivity contribution in [1.29, 1.82) is 0 Å². The molecule has 0 aromatic carbocycles. The largest absolute Gasteiger partial charge is 0.478 e. The molecule has 0 spiro atoms. The normalized spacial score (nSPS) is 18.8. The lowest BCUT2D eigenvalue weighted by molar-refractivity contribution is 0.0696. The number of anilines is 1. The number of carboxylic acids is 1. The Hall–Kier alpha value is -1.58. The van der Waals surface area contributed by atoms with E-state index in [0.29, 0.717) is 11.5 Å². The second kappa shape index (κ2) is 6.04. The SMILES string of the molecule is CCCc1cc(C(=O)O)cc(N2CCC(CC)C2)n1. The molecule has 1 aliphatic heterocycles. The first-order valence-electron chi connectivity index (χ1n) is 7.13. The Balaban J connectivity index is 2.26. The van der Waals surface area contributed by atoms with E-state index in [2.05, 4.69) is 23.7 Å².